The highest BCUT2D eigenvalue weighted by Gasteiger charge is 2.42. The average Bonchev–Trinajstić information content (AvgIpc) is 3.03. The monoisotopic (exact) mass is 527 g/mol. The number of fused-ring (bicyclic) bond motifs is 2. The maximum absolute atomic E-state index is 14.9. The van der Waals surface area contributed by atoms with Crippen LogP contribution in [0.3, 0.4) is 0 Å². The molecule has 10 heteroatoms. The van der Waals surface area contributed by atoms with Gasteiger partial charge in [-0.3, -0.25) is 14.5 Å². The lowest BCUT2D eigenvalue weighted by molar-refractivity contribution is -0.128. The zero-order valence-corrected chi connectivity index (χ0v) is 22.0. The van der Waals surface area contributed by atoms with Gasteiger partial charge in [0, 0.05) is 50.4 Å². The van der Waals surface area contributed by atoms with Crippen LogP contribution in [0.25, 0.3) is 11.3 Å². The van der Waals surface area contributed by atoms with Gasteiger partial charge in [-0.2, -0.15) is 0 Å². The van der Waals surface area contributed by atoms with Gasteiger partial charge in [0.15, 0.2) is 5.75 Å². The Hall–Kier alpha value is -3.17. The molecule has 4 heterocycles. The Bertz CT molecular complexity index is 1260. The molecule has 196 valence electrons. The number of aromatic nitrogens is 1. The van der Waals surface area contributed by atoms with Gasteiger partial charge in [-0.05, 0) is 39.1 Å². The van der Waals surface area contributed by atoms with E-state index < -0.39 is 5.82 Å². The third kappa shape index (κ3) is 4.44. The predicted octanol–water partition coefficient (Wildman–Crippen LogP) is 3.30. The molecular weight excluding hydrogens is 497 g/mol. The van der Waals surface area contributed by atoms with Crippen LogP contribution < -0.4 is 9.64 Å². The summed E-state index contributed by atoms with van der Waals surface area (Å²) in [6.07, 6.45) is 1.28. The summed E-state index contributed by atoms with van der Waals surface area (Å²) in [5.41, 5.74) is 0.773. The summed E-state index contributed by atoms with van der Waals surface area (Å²) in [4.78, 5) is 39.0. The fourth-order valence-corrected chi connectivity index (χ4v) is 5.70. The number of ether oxygens (including phenoxy) is 1. The van der Waals surface area contributed by atoms with Crippen LogP contribution in [0.5, 0.6) is 5.75 Å². The van der Waals surface area contributed by atoms with E-state index in [0.29, 0.717) is 37.6 Å². The van der Waals surface area contributed by atoms with Crippen LogP contribution >= 0.6 is 11.6 Å². The molecule has 1 aromatic heterocycles. The zero-order valence-electron chi connectivity index (χ0n) is 21.3. The Morgan fingerprint density at radius 2 is 1.92 bits per heavy atom. The van der Waals surface area contributed by atoms with Crippen molar-refractivity contribution in [2.45, 2.75) is 32.0 Å². The highest BCUT2D eigenvalue weighted by Crippen LogP contribution is 2.44. The lowest BCUT2D eigenvalue weighted by atomic mass is 10.0. The molecule has 0 spiro atoms. The quantitative estimate of drug-likeness (QED) is 0.571. The number of likely N-dealkylation sites (N-methyl/N-ethyl adjacent to an activating group) is 1. The molecule has 8 nitrogen and oxygen atoms in total. The second kappa shape index (κ2) is 9.95. The largest absolute Gasteiger partial charge is 0.489 e. The van der Waals surface area contributed by atoms with E-state index in [0.717, 1.165) is 6.54 Å². The number of halogens is 2. The van der Waals surface area contributed by atoms with E-state index in [9.17, 15) is 14.0 Å². The predicted molar refractivity (Wildman–Crippen MR) is 141 cm³/mol. The SMILES string of the molecule is C=CC(=O)N1CCN2C(=O)c3c(N4C[C@@H](C)N(C)C[C@@H]4C)nc(-c4ccccc4F)c(Cl)c3OCC2C1. The van der Waals surface area contributed by atoms with E-state index >= 15 is 0 Å². The number of nitrogens with zero attached hydrogens (tertiary/aromatic N) is 5. The first-order chi connectivity index (χ1) is 17.7. The maximum Gasteiger partial charge on any atom is 0.261 e. The lowest BCUT2D eigenvalue weighted by Crippen LogP contribution is -2.58. The highest BCUT2D eigenvalue weighted by atomic mass is 35.5. The molecule has 3 atom stereocenters. The van der Waals surface area contributed by atoms with Gasteiger partial charge in [-0.25, -0.2) is 9.37 Å². The number of amides is 2. The van der Waals surface area contributed by atoms with Gasteiger partial charge in [0.05, 0.1) is 11.7 Å². The number of carbonyl (C=O) groups excluding carboxylic acids is 2. The van der Waals surface area contributed by atoms with Crippen LogP contribution in [-0.4, -0.2) is 96.0 Å². The van der Waals surface area contributed by atoms with Crippen LogP contribution in [0.4, 0.5) is 10.2 Å². The topological polar surface area (TPSA) is 69.2 Å². The van der Waals surface area contributed by atoms with Gasteiger partial charge in [-0.1, -0.05) is 30.3 Å². The number of rotatable bonds is 3. The Labute approximate surface area is 221 Å². The van der Waals surface area contributed by atoms with Gasteiger partial charge in [0.2, 0.25) is 5.91 Å². The summed E-state index contributed by atoms with van der Waals surface area (Å²) in [7, 11) is 2.07. The first kappa shape index (κ1) is 25.5. The van der Waals surface area contributed by atoms with Crippen molar-refractivity contribution in [3.63, 3.8) is 0 Å². The Balaban J connectivity index is 1.66. The normalized spacial score (nSPS) is 24.2. The van der Waals surface area contributed by atoms with Gasteiger partial charge in [0.25, 0.3) is 5.91 Å². The lowest BCUT2D eigenvalue weighted by Gasteiger charge is -2.44. The van der Waals surface area contributed by atoms with Crippen LogP contribution in [0.2, 0.25) is 5.02 Å². The summed E-state index contributed by atoms with van der Waals surface area (Å²) in [5, 5.41) is 0.103. The van der Waals surface area contributed by atoms with Crippen molar-refractivity contribution < 1.29 is 18.7 Å². The van der Waals surface area contributed by atoms with Crippen molar-refractivity contribution in [1.82, 2.24) is 19.7 Å². The minimum Gasteiger partial charge on any atom is -0.489 e. The van der Waals surface area contributed by atoms with Crippen molar-refractivity contribution in [2.24, 2.45) is 0 Å². The van der Waals surface area contributed by atoms with E-state index in [1.165, 1.54) is 12.1 Å². The third-order valence-electron chi connectivity index (χ3n) is 7.64. The Kier molecular flexibility index (Phi) is 6.85. The van der Waals surface area contributed by atoms with Crippen LogP contribution in [0, 0.1) is 5.82 Å². The summed E-state index contributed by atoms with van der Waals surface area (Å²) < 4.78 is 21.2. The van der Waals surface area contributed by atoms with Crippen LogP contribution in [-0.2, 0) is 4.79 Å². The van der Waals surface area contributed by atoms with E-state index in [2.05, 4.69) is 37.3 Å². The molecule has 3 aliphatic heterocycles. The van der Waals surface area contributed by atoms with Gasteiger partial charge in [0.1, 0.15) is 28.8 Å². The summed E-state index contributed by atoms with van der Waals surface area (Å²) >= 11 is 6.84. The number of pyridine rings is 1. The number of hydrogen-bond acceptors (Lipinski definition) is 6. The Morgan fingerprint density at radius 1 is 1.16 bits per heavy atom. The second-order valence-electron chi connectivity index (χ2n) is 10.0. The number of benzene rings is 1. The number of carbonyl (C=O) groups is 2. The number of anilines is 1. The molecule has 1 unspecified atom stereocenters. The molecule has 5 rings (SSSR count). The highest BCUT2D eigenvalue weighted by molar-refractivity contribution is 6.35. The van der Waals surface area contributed by atoms with Gasteiger partial charge in [-0.15, -0.1) is 0 Å². The molecule has 0 bridgehead atoms. The molecule has 0 saturated carbocycles. The molecule has 2 fully saturated rings. The molecule has 37 heavy (non-hydrogen) atoms. The van der Waals surface area contributed by atoms with Crippen molar-refractivity contribution >= 4 is 29.2 Å². The van der Waals surface area contributed by atoms with E-state index in [-0.39, 0.29) is 58.6 Å². The van der Waals surface area contributed by atoms with Gasteiger partial charge < -0.3 is 19.4 Å². The molecule has 0 radical (unpaired) electrons. The molecule has 0 N–H and O–H groups in total. The van der Waals surface area contributed by atoms with Crippen LogP contribution in [0.15, 0.2) is 36.9 Å². The van der Waals surface area contributed by atoms with Crippen LogP contribution in [0.1, 0.15) is 24.2 Å². The minimum absolute atomic E-state index is 0.0429. The smallest absolute Gasteiger partial charge is 0.261 e. The van der Waals surface area contributed by atoms with Crippen molar-refractivity contribution in [1.29, 1.82) is 0 Å². The molecule has 0 aliphatic carbocycles. The molecule has 2 saturated heterocycles. The van der Waals surface area contributed by atoms with Crippen molar-refractivity contribution in [3.05, 3.63) is 53.3 Å². The maximum atomic E-state index is 14.9. The average molecular weight is 528 g/mol. The van der Waals surface area contributed by atoms with Crippen molar-refractivity contribution in [2.75, 3.05) is 51.3 Å². The molecule has 2 amide bonds. The van der Waals surface area contributed by atoms with E-state index in [1.807, 2.05) is 0 Å². The Morgan fingerprint density at radius 3 is 2.65 bits per heavy atom. The fraction of sp³-hybridized carbons (Fsp3) is 0.444. The minimum atomic E-state index is -0.460. The number of piperazine rings is 2. The molecular formula is C27H31ClFN5O3. The second-order valence-corrected chi connectivity index (χ2v) is 10.4. The standard InChI is InChI=1S/C27H31ClFN5O3/c1-5-21(35)32-10-11-33-18(14-32)15-37-25-22(27(33)36)26(34-13-16(2)31(4)12-17(34)3)30-24(23(25)28)19-8-6-7-9-20(19)29/h5-9,16-18H,1,10-15H2,2-4H3/t16-,17+,18?/m1/s1. The summed E-state index contributed by atoms with van der Waals surface area (Å²) in [5.74, 6) is -0.230. The third-order valence-corrected chi connectivity index (χ3v) is 7.99. The molecule has 2 aromatic rings. The summed E-state index contributed by atoms with van der Waals surface area (Å²) in [6.45, 7) is 10.4. The molecule has 1 aromatic carbocycles. The van der Waals surface area contributed by atoms with E-state index in [1.54, 1.807) is 28.0 Å². The number of hydrogen-bond donors (Lipinski definition) is 0. The van der Waals surface area contributed by atoms with Crippen molar-refractivity contribution in [3.8, 4) is 17.0 Å². The van der Waals surface area contributed by atoms with Gasteiger partial charge >= 0.3 is 0 Å². The first-order valence-electron chi connectivity index (χ1n) is 12.5. The fourth-order valence-electron chi connectivity index (χ4n) is 5.41. The molecule has 3 aliphatic rings. The zero-order chi connectivity index (χ0) is 26.4. The van der Waals surface area contributed by atoms with E-state index in [4.69, 9.17) is 21.3 Å². The first-order valence-corrected chi connectivity index (χ1v) is 12.9. The summed E-state index contributed by atoms with van der Waals surface area (Å²) in [6, 6.07) is 6.20.